The van der Waals surface area contributed by atoms with Gasteiger partial charge in [0.25, 0.3) is 5.91 Å². The minimum absolute atomic E-state index is 0.0580. The molecular formula is C21H26BrNO2. The summed E-state index contributed by atoms with van der Waals surface area (Å²) in [6.07, 6.45) is 0. The van der Waals surface area contributed by atoms with Gasteiger partial charge < -0.3 is 9.64 Å². The molecule has 2 rings (SSSR count). The molecule has 0 saturated carbocycles. The molecule has 134 valence electrons. The summed E-state index contributed by atoms with van der Waals surface area (Å²) >= 11 is 3.53. The van der Waals surface area contributed by atoms with Gasteiger partial charge in [0.15, 0.2) is 0 Å². The second kappa shape index (κ2) is 8.05. The first-order chi connectivity index (χ1) is 11.7. The molecular weight excluding hydrogens is 378 g/mol. The fourth-order valence-electron chi connectivity index (χ4n) is 3.13. The number of benzene rings is 2. The first kappa shape index (κ1) is 19.5. The van der Waals surface area contributed by atoms with Crippen LogP contribution in [-0.4, -0.2) is 30.0 Å². The highest BCUT2D eigenvalue weighted by Crippen LogP contribution is 2.32. The molecule has 0 unspecified atom stereocenters. The van der Waals surface area contributed by atoms with E-state index in [1.54, 1.807) is 7.11 Å². The summed E-state index contributed by atoms with van der Waals surface area (Å²) in [6, 6.07) is 12.2. The largest absolute Gasteiger partial charge is 0.497 e. The third-order valence-corrected chi connectivity index (χ3v) is 4.63. The van der Waals surface area contributed by atoms with Gasteiger partial charge in [0.05, 0.1) is 7.11 Å². The Hall–Kier alpha value is -1.81. The zero-order valence-corrected chi connectivity index (χ0v) is 17.3. The Balaban J connectivity index is 2.62. The second-order valence-electron chi connectivity index (χ2n) is 6.83. The highest BCUT2D eigenvalue weighted by Gasteiger charge is 2.24. The van der Waals surface area contributed by atoms with Crippen molar-refractivity contribution in [1.29, 1.82) is 0 Å². The van der Waals surface area contributed by atoms with Crippen molar-refractivity contribution >= 4 is 21.8 Å². The van der Waals surface area contributed by atoms with Crippen LogP contribution in [0.2, 0.25) is 0 Å². The monoisotopic (exact) mass is 403 g/mol. The average molecular weight is 404 g/mol. The van der Waals surface area contributed by atoms with Crippen LogP contribution in [0.25, 0.3) is 11.1 Å². The van der Waals surface area contributed by atoms with Crippen LogP contribution in [0.3, 0.4) is 0 Å². The Kier molecular flexibility index (Phi) is 6.28. The minimum Gasteiger partial charge on any atom is -0.497 e. The third-order valence-electron chi connectivity index (χ3n) is 4.17. The van der Waals surface area contributed by atoms with E-state index in [9.17, 15) is 4.79 Å². The van der Waals surface area contributed by atoms with E-state index in [1.165, 1.54) is 0 Å². The van der Waals surface area contributed by atoms with Crippen LogP contribution in [0.15, 0.2) is 40.9 Å². The van der Waals surface area contributed by atoms with E-state index in [-0.39, 0.29) is 18.0 Å². The van der Waals surface area contributed by atoms with Gasteiger partial charge in [-0.3, -0.25) is 4.79 Å². The van der Waals surface area contributed by atoms with Crippen molar-refractivity contribution < 1.29 is 9.53 Å². The van der Waals surface area contributed by atoms with Gasteiger partial charge in [0.1, 0.15) is 5.75 Å². The number of rotatable bonds is 5. The Morgan fingerprint density at radius 1 is 1.04 bits per heavy atom. The SMILES string of the molecule is COc1cc(Br)cc(-c2ccc(C)cc2C(=O)N(C(C)C)C(C)C)c1. The van der Waals surface area contributed by atoms with Crippen molar-refractivity contribution in [3.8, 4) is 16.9 Å². The predicted molar refractivity (Wildman–Crippen MR) is 107 cm³/mol. The normalized spacial score (nSPS) is 11.1. The smallest absolute Gasteiger partial charge is 0.254 e. The second-order valence-corrected chi connectivity index (χ2v) is 7.74. The number of amides is 1. The number of methoxy groups -OCH3 is 1. The quantitative estimate of drug-likeness (QED) is 0.641. The van der Waals surface area contributed by atoms with Gasteiger partial charge in [-0.1, -0.05) is 33.6 Å². The van der Waals surface area contributed by atoms with Crippen molar-refractivity contribution in [3.05, 3.63) is 52.0 Å². The molecule has 2 aromatic rings. The molecule has 0 aromatic heterocycles. The van der Waals surface area contributed by atoms with Crippen LogP contribution >= 0.6 is 15.9 Å². The van der Waals surface area contributed by atoms with E-state index in [4.69, 9.17) is 4.74 Å². The number of halogens is 1. The molecule has 0 bridgehead atoms. The fraction of sp³-hybridized carbons (Fsp3) is 0.381. The van der Waals surface area contributed by atoms with Gasteiger partial charge in [0, 0.05) is 22.1 Å². The summed E-state index contributed by atoms with van der Waals surface area (Å²) in [5.74, 6) is 0.815. The number of hydrogen-bond acceptors (Lipinski definition) is 2. The van der Waals surface area contributed by atoms with E-state index >= 15 is 0 Å². The van der Waals surface area contributed by atoms with Crippen LogP contribution in [0.4, 0.5) is 0 Å². The third kappa shape index (κ3) is 4.43. The number of nitrogens with zero attached hydrogens (tertiary/aromatic N) is 1. The Morgan fingerprint density at radius 3 is 2.24 bits per heavy atom. The summed E-state index contributed by atoms with van der Waals surface area (Å²) in [5.41, 5.74) is 3.67. The highest BCUT2D eigenvalue weighted by molar-refractivity contribution is 9.10. The van der Waals surface area contributed by atoms with E-state index < -0.39 is 0 Å². The molecule has 0 radical (unpaired) electrons. The van der Waals surface area contributed by atoms with Gasteiger partial charge >= 0.3 is 0 Å². The molecule has 0 N–H and O–H groups in total. The molecule has 0 aliphatic carbocycles. The summed E-state index contributed by atoms with van der Waals surface area (Å²) in [6.45, 7) is 10.2. The highest BCUT2D eigenvalue weighted by atomic mass is 79.9. The summed E-state index contributed by atoms with van der Waals surface area (Å²) in [4.78, 5) is 15.2. The number of hydrogen-bond donors (Lipinski definition) is 0. The lowest BCUT2D eigenvalue weighted by molar-refractivity contribution is 0.0644. The molecule has 1 amide bonds. The Labute approximate surface area is 159 Å². The molecule has 0 spiro atoms. The first-order valence-corrected chi connectivity index (χ1v) is 9.32. The maximum Gasteiger partial charge on any atom is 0.254 e. The Bertz CT molecular complexity index is 760. The summed E-state index contributed by atoms with van der Waals surface area (Å²) in [7, 11) is 1.64. The van der Waals surface area contributed by atoms with Gasteiger partial charge in [-0.05, 0) is 70.0 Å². The summed E-state index contributed by atoms with van der Waals surface area (Å²) in [5, 5.41) is 0. The van der Waals surface area contributed by atoms with Crippen molar-refractivity contribution in [2.24, 2.45) is 0 Å². The van der Waals surface area contributed by atoms with Crippen molar-refractivity contribution in [1.82, 2.24) is 4.90 Å². The molecule has 0 atom stereocenters. The van der Waals surface area contributed by atoms with Crippen LogP contribution in [0.1, 0.15) is 43.6 Å². The maximum atomic E-state index is 13.3. The lowest BCUT2D eigenvalue weighted by Crippen LogP contribution is -2.42. The number of ether oxygens (including phenoxy) is 1. The van der Waals surface area contributed by atoms with Gasteiger partial charge in [0.2, 0.25) is 0 Å². The first-order valence-electron chi connectivity index (χ1n) is 8.52. The van der Waals surface area contributed by atoms with E-state index in [0.717, 1.165) is 32.5 Å². The molecule has 3 nitrogen and oxygen atoms in total. The number of aryl methyl sites for hydroxylation is 1. The minimum atomic E-state index is 0.0580. The predicted octanol–water partition coefficient (Wildman–Crippen LogP) is 5.69. The van der Waals surface area contributed by atoms with Crippen molar-refractivity contribution in [3.63, 3.8) is 0 Å². The topological polar surface area (TPSA) is 29.5 Å². The average Bonchev–Trinajstić information content (AvgIpc) is 2.53. The zero-order valence-electron chi connectivity index (χ0n) is 15.8. The van der Waals surface area contributed by atoms with Crippen LogP contribution in [-0.2, 0) is 0 Å². The van der Waals surface area contributed by atoms with Crippen LogP contribution in [0.5, 0.6) is 5.75 Å². The molecule has 4 heteroatoms. The maximum absolute atomic E-state index is 13.3. The molecule has 25 heavy (non-hydrogen) atoms. The fourth-order valence-corrected chi connectivity index (χ4v) is 3.60. The number of carbonyl (C=O) groups is 1. The van der Waals surface area contributed by atoms with E-state index in [0.29, 0.717) is 0 Å². The molecule has 0 heterocycles. The summed E-state index contributed by atoms with van der Waals surface area (Å²) < 4.78 is 6.30. The lowest BCUT2D eigenvalue weighted by atomic mass is 9.96. The molecule has 0 aliphatic rings. The molecule has 2 aromatic carbocycles. The van der Waals surface area contributed by atoms with E-state index in [1.807, 2.05) is 48.2 Å². The molecule has 0 saturated heterocycles. The molecule has 0 fully saturated rings. The van der Waals surface area contributed by atoms with Crippen molar-refractivity contribution in [2.45, 2.75) is 46.7 Å². The number of carbonyl (C=O) groups excluding carboxylic acids is 1. The zero-order chi connectivity index (χ0) is 18.7. The van der Waals surface area contributed by atoms with Crippen LogP contribution < -0.4 is 4.74 Å². The standard InChI is InChI=1S/C21H26BrNO2/c1-13(2)23(14(3)4)21(24)20-9-15(5)7-8-19(20)16-10-17(22)12-18(11-16)25-6/h7-14H,1-6H3. The van der Waals surface area contributed by atoms with Gasteiger partial charge in [-0.25, -0.2) is 0 Å². The Morgan fingerprint density at radius 2 is 1.68 bits per heavy atom. The van der Waals surface area contributed by atoms with Crippen molar-refractivity contribution in [2.75, 3.05) is 7.11 Å². The molecule has 0 aliphatic heterocycles. The van der Waals surface area contributed by atoms with E-state index in [2.05, 4.69) is 43.6 Å². The van der Waals surface area contributed by atoms with Crippen LogP contribution in [0, 0.1) is 6.92 Å². The van der Waals surface area contributed by atoms with Gasteiger partial charge in [-0.15, -0.1) is 0 Å². The van der Waals surface area contributed by atoms with Gasteiger partial charge in [-0.2, -0.15) is 0 Å². The lowest BCUT2D eigenvalue weighted by Gasteiger charge is -2.31.